The second-order valence-electron chi connectivity index (χ2n) is 6.03. The zero-order chi connectivity index (χ0) is 19.4. The molecule has 0 spiro atoms. The summed E-state index contributed by atoms with van der Waals surface area (Å²) in [5.74, 6) is -0.868. The quantitative estimate of drug-likeness (QED) is 0.670. The van der Waals surface area contributed by atoms with E-state index in [1.165, 1.54) is 12.1 Å². The van der Waals surface area contributed by atoms with Crippen LogP contribution in [0.4, 0.5) is 5.82 Å². The number of aromatic nitrogens is 1. The van der Waals surface area contributed by atoms with Crippen LogP contribution in [0.3, 0.4) is 0 Å². The summed E-state index contributed by atoms with van der Waals surface area (Å²) < 4.78 is 10.4. The fourth-order valence-electron chi connectivity index (χ4n) is 2.50. The van der Waals surface area contributed by atoms with Crippen LogP contribution in [0.15, 0.2) is 59.1 Å². The molecular formula is C20H18N2O5. The van der Waals surface area contributed by atoms with Crippen molar-refractivity contribution in [2.24, 2.45) is 0 Å². The van der Waals surface area contributed by atoms with Crippen LogP contribution in [0.5, 0.6) is 5.75 Å². The maximum Gasteiger partial charge on any atom is 0.343 e. The summed E-state index contributed by atoms with van der Waals surface area (Å²) in [4.78, 5) is 25.3. The monoisotopic (exact) mass is 366 g/mol. The highest BCUT2D eigenvalue weighted by atomic mass is 16.5. The van der Waals surface area contributed by atoms with E-state index in [1.54, 1.807) is 56.3 Å². The Kier molecular flexibility index (Phi) is 5.21. The van der Waals surface area contributed by atoms with Crippen LogP contribution >= 0.6 is 0 Å². The highest BCUT2D eigenvalue weighted by molar-refractivity contribution is 5.98. The van der Waals surface area contributed by atoms with Gasteiger partial charge in [-0.25, -0.2) is 4.79 Å². The van der Waals surface area contributed by atoms with Crippen LogP contribution < -0.4 is 5.32 Å². The van der Waals surface area contributed by atoms with Gasteiger partial charge in [-0.05, 0) is 26.0 Å². The molecule has 0 aliphatic rings. The number of carbonyl (C=O) groups is 2. The Labute approximate surface area is 155 Å². The highest BCUT2D eigenvalue weighted by Gasteiger charge is 2.27. The molecule has 138 valence electrons. The predicted octanol–water partition coefficient (Wildman–Crippen LogP) is 3.53. The number of nitrogens with one attached hydrogen (secondary N) is 1. The number of nitrogens with zero attached hydrogens (tertiary/aromatic N) is 1. The fraction of sp³-hybridized carbons (Fsp3) is 0.150. The molecule has 3 rings (SSSR count). The first-order valence-electron chi connectivity index (χ1n) is 8.24. The van der Waals surface area contributed by atoms with Crippen LogP contribution in [-0.4, -0.2) is 22.1 Å². The van der Waals surface area contributed by atoms with Gasteiger partial charge in [0.1, 0.15) is 17.1 Å². The number of esters is 1. The number of phenolic OH excluding ortho intramolecular Hbond substituents is 1. The Morgan fingerprint density at radius 1 is 1.11 bits per heavy atom. The van der Waals surface area contributed by atoms with E-state index >= 15 is 0 Å². The Hall–Kier alpha value is -3.61. The first-order chi connectivity index (χ1) is 12.9. The number of phenols is 1. The molecule has 0 bridgehead atoms. The van der Waals surface area contributed by atoms with E-state index in [4.69, 9.17) is 9.26 Å². The van der Waals surface area contributed by atoms with Gasteiger partial charge in [0.15, 0.2) is 5.82 Å². The number of amides is 1. The van der Waals surface area contributed by atoms with Gasteiger partial charge in [-0.15, -0.1) is 0 Å². The summed E-state index contributed by atoms with van der Waals surface area (Å²) in [6, 6.07) is 14.7. The maximum atomic E-state index is 12.7. The van der Waals surface area contributed by atoms with Crippen molar-refractivity contribution in [1.29, 1.82) is 0 Å². The molecule has 2 aromatic carbocycles. The van der Waals surface area contributed by atoms with Gasteiger partial charge >= 0.3 is 5.97 Å². The molecule has 7 nitrogen and oxygen atoms in total. The summed E-state index contributed by atoms with van der Waals surface area (Å²) in [6.07, 6.45) is -1.23. The van der Waals surface area contributed by atoms with Crippen molar-refractivity contribution in [3.8, 4) is 5.75 Å². The lowest BCUT2D eigenvalue weighted by Crippen LogP contribution is -2.26. The lowest BCUT2D eigenvalue weighted by Gasteiger charge is -2.17. The lowest BCUT2D eigenvalue weighted by molar-refractivity contribution is -0.125. The van der Waals surface area contributed by atoms with Gasteiger partial charge in [0.25, 0.3) is 5.91 Å². The number of carbonyl (C=O) groups excluding carboxylic acids is 2. The summed E-state index contributed by atoms with van der Waals surface area (Å²) in [6.45, 7) is 3.47. The SMILES string of the molecule is Cc1ccc(O)c(C(=O)OC(C(=O)Nc2cc(C)on2)c2ccccc2)c1. The molecule has 1 unspecified atom stereocenters. The number of ether oxygens (including phenoxy) is 1. The third kappa shape index (κ3) is 4.33. The smallest absolute Gasteiger partial charge is 0.343 e. The molecule has 0 saturated heterocycles. The van der Waals surface area contributed by atoms with Gasteiger partial charge < -0.3 is 19.7 Å². The number of aryl methyl sites for hydroxylation is 2. The van der Waals surface area contributed by atoms with Gasteiger partial charge in [0.2, 0.25) is 6.10 Å². The molecule has 0 radical (unpaired) electrons. The number of rotatable bonds is 5. The maximum absolute atomic E-state index is 12.7. The van der Waals surface area contributed by atoms with E-state index in [1.807, 2.05) is 0 Å². The molecule has 0 aliphatic carbocycles. The molecule has 3 aromatic rings. The normalized spacial score (nSPS) is 11.6. The molecule has 0 aliphatic heterocycles. The third-order valence-corrected chi connectivity index (χ3v) is 3.82. The standard InChI is InChI=1S/C20H18N2O5/c1-12-8-9-16(23)15(10-12)20(25)26-18(14-6-4-3-5-7-14)19(24)21-17-11-13(2)27-22-17/h3-11,18,23H,1-2H3,(H,21,22,24). The van der Waals surface area contributed by atoms with Gasteiger partial charge in [-0.1, -0.05) is 47.1 Å². The zero-order valence-electron chi connectivity index (χ0n) is 14.8. The van der Waals surface area contributed by atoms with E-state index in [9.17, 15) is 14.7 Å². The van der Waals surface area contributed by atoms with Crippen molar-refractivity contribution in [3.05, 3.63) is 77.0 Å². The average Bonchev–Trinajstić information content (AvgIpc) is 3.06. The van der Waals surface area contributed by atoms with E-state index in [-0.39, 0.29) is 17.1 Å². The lowest BCUT2D eigenvalue weighted by atomic mass is 10.1. The molecule has 1 heterocycles. The Bertz CT molecular complexity index is 966. The Morgan fingerprint density at radius 3 is 2.52 bits per heavy atom. The summed E-state index contributed by atoms with van der Waals surface area (Å²) in [5.41, 5.74) is 1.25. The van der Waals surface area contributed by atoms with Crippen molar-refractivity contribution in [1.82, 2.24) is 5.16 Å². The van der Waals surface area contributed by atoms with Gasteiger partial charge in [-0.3, -0.25) is 4.79 Å². The number of anilines is 1. The molecule has 0 fully saturated rings. The number of hydrogen-bond donors (Lipinski definition) is 2. The molecule has 2 N–H and O–H groups in total. The van der Waals surface area contributed by atoms with Gasteiger partial charge in [-0.2, -0.15) is 0 Å². The summed E-state index contributed by atoms with van der Waals surface area (Å²) in [7, 11) is 0. The van der Waals surface area contributed by atoms with E-state index in [0.717, 1.165) is 5.56 Å². The van der Waals surface area contributed by atoms with E-state index in [0.29, 0.717) is 11.3 Å². The minimum atomic E-state index is -1.23. The molecule has 7 heteroatoms. The fourth-order valence-corrected chi connectivity index (χ4v) is 2.50. The van der Waals surface area contributed by atoms with Crippen LogP contribution in [0, 0.1) is 13.8 Å². The van der Waals surface area contributed by atoms with Crippen molar-refractivity contribution in [2.75, 3.05) is 5.32 Å². The molecule has 1 atom stereocenters. The van der Waals surface area contributed by atoms with Crippen molar-refractivity contribution in [3.63, 3.8) is 0 Å². The molecule has 1 aromatic heterocycles. The number of benzene rings is 2. The summed E-state index contributed by atoms with van der Waals surface area (Å²) in [5, 5.41) is 16.2. The Balaban J connectivity index is 1.87. The van der Waals surface area contributed by atoms with Crippen LogP contribution in [0.2, 0.25) is 0 Å². The first kappa shape index (κ1) is 18.2. The van der Waals surface area contributed by atoms with E-state index in [2.05, 4.69) is 10.5 Å². The van der Waals surface area contributed by atoms with Crippen molar-refractivity contribution in [2.45, 2.75) is 20.0 Å². The van der Waals surface area contributed by atoms with Crippen LogP contribution in [0.25, 0.3) is 0 Å². The van der Waals surface area contributed by atoms with Crippen molar-refractivity contribution < 1.29 is 24.0 Å². The summed E-state index contributed by atoms with van der Waals surface area (Å²) >= 11 is 0. The topological polar surface area (TPSA) is 102 Å². The zero-order valence-corrected chi connectivity index (χ0v) is 14.8. The second kappa shape index (κ2) is 7.74. The second-order valence-corrected chi connectivity index (χ2v) is 6.03. The van der Waals surface area contributed by atoms with Crippen molar-refractivity contribution >= 4 is 17.7 Å². The minimum Gasteiger partial charge on any atom is -0.507 e. The van der Waals surface area contributed by atoms with Crippen LogP contribution in [-0.2, 0) is 9.53 Å². The minimum absolute atomic E-state index is 0.0130. The average molecular weight is 366 g/mol. The molecule has 1 amide bonds. The van der Waals surface area contributed by atoms with Gasteiger partial charge in [0, 0.05) is 11.6 Å². The highest BCUT2D eigenvalue weighted by Crippen LogP contribution is 2.25. The van der Waals surface area contributed by atoms with Crippen LogP contribution in [0.1, 0.15) is 33.3 Å². The molecule has 27 heavy (non-hydrogen) atoms. The molecule has 0 saturated carbocycles. The predicted molar refractivity (Wildman–Crippen MR) is 97.3 cm³/mol. The van der Waals surface area contributed by atoms with E-state index < -0.39 is 18.0 Å². The largest absolute Gasteiger partial charge is 0.507 e. The van der Waals surface area contributed by atoms with Gasteiger partial charge in [0.05, 0.1) is 0 Å². The Morgan fingerprint density at radius 2 is 1.85 bits per heavy atom. The number of hydrogen-bond acceptors (Lipinski definition) is 6. The number of aromatic hydroxyl groups is 1. The molecular weight excluding hydrogens is 348 g/mol. The third-order valence-electron chi connectivity index (χ3n) is 3.82. The first-order valence-corrected chi connectivity index (χ1v) is 8.24.